The van der Waals surface area contributed by atoms with Crippen molar-refractivity contribution < 1.29 is 32.3 Å². The van der Waals surface area contributed by atoms with Crippen LogP contribution in [0.4, 0.5) is 13.2 Å². The number of amides is 3. The van der Waals surface area contributed by atoms with Gasteiger partial charge in [-0.2, -0.15) is 18.3 Å². The minimum atomic E-state index is -5.10. The number of carbonyl (C=O) groups is 4. The van der Waals surface area contributed by atoms with Gasteiger partial charge in [0.2, 0.25) is 11.8 Å². The van der Waals surface area contributed by atoms with E-state index in [9.17, 15) is 32.3 Å². The second-order valence-corrected chi connectivity index (χ2v) is 10.4. The fourth-order valence-electron chi connectivity index (χ4n) is 4.60. The third-order valence-corrected chi connectivity index (χ3v) is 6.77. The molecule has 1 fully saturated rings. The fourth-order valence-corrected chi connectivity index (χ4v) is 4.60. The number of carbonyl (C=O) groups excluding carboxylic acids is 4. The molecule has 212 valence electrons. The Kier molecular flexibility index (Phi) is 9.18. The molecule has 0 saturated carbocycles. The molecule has 1 aliphatic heterocycles. The monoisotopic (exact) mass is 549 g/mol. The van der Waals surface area contributed by atoms with Gasteiger partial charge in [-0.3, -0.25) is 23.9 Å². The number of hydrogen-bond acceptors (Lipinski definition) is 5. The first-order valence-corrected chi connectivity index (χ1v) is 12.8. The summed E-state index contributed by atoms with van der Waals surface area (Å²) in [6, 6.07) is 7.07. The summed E-state index contributed by atoms with van der Waals surface area (Å²) in [6.45, 7) is 6.47. The zero-order chi connectivity index (χ0) is 29.1. The Bertz CT molecular complexity index is 1210. The van der Waals surface area contributed by atoms with Gasteiger partial charge in [-0.1, -0.05) is 58.0 Å². The van der Waals surface area contributed by atoms with Crippen LogP contribution in [0.1, 0.15) is 51.0 Å². The van der Waals surface area contributed by atoms with E-state index in [0.29, 0.717) is 12.1 Å². The van der Waals surface area contributed by atoms with Crippen LogP contribution in [0, 0.1) is 11.8 Å². The van der Waals surface area contributed by atoms with Gasteiger partial charge in [-0.15, -0.1) is 0 Å². The number of benzene rings is 1. The van der Waals surface area contributed by atoms with E-state index in [-0.39, 0.29) is 24.6 Å². The zero-order valence-electron chi connectivity index (χ0n) is 22.6. The predicted molar refractivity (Wildman–Crippen MR) is 137 cm³/mol. The van der Waals surface area contributed by atoms with Crippen LogP contribution in [0.3, 0.4) is 0 Å². The number of aryl methyl sites for hydroxylation is 1. The van der Waals surface area contributed by atoms with Gasteiger partial charge >= 0.3 is 6.18 Å². The van der Waals surface area contributed by atoms with Gasteiger partial charge in [0.15, 0.2) is 0 Å². The number of rotatable bonds is 9. The van der Waals surface area contributed by atoms with Crippen LogP contribution in [-0.2, 0) is 21.4 Å². The molecular weight excluding hydrogens is 515 g/mol. The highest BCUT2D eigenvalue weighted by atomic mass is 19.4. The molecule has 2 aromatic rings. The number of nitrogens with one attached hydrogen (secondary N) is 2. The van der Waals surface area contributed by atoms with Crippen molar-refractivity contribution in [3.63, 3.8) is 0 Å². The van der Waals surface area contributed by atoms with Crippen molar-refractivity contribution in [3.05, 3.63) is 42.1 Å². The van der Waals surface area contributed by atoms with Crippen molar-refractivity contribution in [1.82, 2.24) is 25.3 Å². The lowest BCUT2D eigenvalue weighted by molar-refractivity contribution is -0.175. The number of aromatic nitrogens is 2. The van der Waals surface area contributed by atoms with Crippen molar-refractivity contribution >= 4 is 23.5 Å². The van der Waals surface area contributed by atoms with Crippen LogP contribution in [0.5, 0.6) is 0 Å². The number of Topliss-reactive ketones (excluding diaryl/α,β-unsaturated/α-hetero) is 1. The average Bonchev–Trinajstić information content (AvgIpc) is 3.51. The molecular formula is C27H34F3N5O4. The average molecular weight is 550 g/mol. The first-order chi connectivity index (χ1) is 18.2. The van der Waals surface area contributed by atoms with E-state index in [0.717, 1.165) is 5.56 Å². The van der Waals surface area contributed by atoms with Crippen LogP contribution in [0.15, 0.2) is 36.4 Å². The molecule has 12 heteroatoms. The summed E-state index contributed by atoms with van der Waals surface area (Å²) in [5.74, 6) is -5.09. The summed E-state index contributed by atoms with van der Waals surface area (Å²) in [5, 5.41) is 9.34. The Morgan fingerprint density at radius 1 is 0.974 bits per heavy atom. The van der Waals surface area contributed by atoms with E-state index < -0.39 is 53.7 Å². The standard InChI is InChI=1S/C27H34F3N5O4/c1-15(2)21(23(36)27(28,29)30)31-24(37)19-12-9-13-35(19)26(39)22(16(3)4)32-25(38)20-14-18(33-34(20)5)17-10-7-6-8-11-17/h6-8,10-11,14-16,19,21-22H,9,12-13H2,1-5H3,(H,31,37)(H,32,38)/t19-,21-,22-/m0/s1. The summed E-state index contributed by atoms with van der Waals surface area (Å²) in [7, 11) is 1.61. The van der Waals surface area contributed by atoms with E-state index >= 15 is 0 Å². The highest BCUT2D eigenvalue weighted by Crippen LogP contribution is 2.24. The molecule has 0 radical (unpaired) electrons. The highest BCUT2D eigenvalue weighted by Gasteiger charge is 2.46. The molecule has 3 rings (SSSR count). The van der Waals surface area contributed by atoms with Gasteiger partial charge in [0.05, 0.1) is 11.7 Å². The molecule has 9 nitrogen and oxygen atoms in total. The third-order valence-electron chi connectivity index (χ3n) is 6.77. The van der Waals surface area contributed by atoms with E-state index in [1.54, 1.807) is 27.0 Å². The van der Waals surface area contributed by atoms with E-state index in [1.165, 1.54) is 23.4 Å². The second-order valence-electron chi connectivity index (χ2n) is 10.4. The first kappa shape index (κ1) is 29.9. The maximum atomic E-state index is 13.6. The number of halogens is 3. The lowest BCUT2D eigenvalue weighted by atomic mass is 9.98. The molecule has 2 N–H and O–H groups in total. The van der Waals surface area contributed by atoms with Crippen molar-refractivity contribution in [2.45, 2.75) is 64.8 Å². The molecule has 3 amide bonds. The van der Waals surface area contributed by atoms with Crippen LogP contribution in [0.2, 0.25) is 0 Å². The molecule has 0 spiro atoms. The normalized spacial score (nSPS) is 17.3. The smallest absolute Gasteiger partial charge is 0.344 e. The number of nitrogens with zero attached hydrogens (tertiary/aromatic N) is 3. The van der Waals surface area contributed by atoms with E-state index in [1.807, 2.05) is 30.3 Å². The molecule has 0 bridgehead atoms. The van der Waals surface area contributed by atoms with Gasteiger partial charge in [0.25, 0.3) is 11.7 Å². The van der Waals surface area contributed by atoms with Gasteiger partial charge < -0.3 is 15.5 Å². The maximum Gasteiger partial charge on any atom is 0.452 e. The molecule has 39 heavy (non-hydrogen) atoms. The summed E-state index contributed by atoms with van der Waals surface area (Å²) in [5.41, 5.74) is 1.63. The minimum Gasteiger partial charge on any atom is -0.344 e. The van der Waals surface area contributed by atoms with Gasteiger partial charge in [0.1, 0.15) is 17.8 Å². The molecule has 1 aromatic heterocycles. The van der Waals surface area contributed by atoms with Crippen molar-refractivity contribution in [3.8, 4) is 11.3 Å². The largest absolute Gasteiger partial charge is 0.452 e. The molecule has 3 atom stereocenters. The van der Waals surface area contributed by atoms with Gasteiger partial charge in [-0.25, -0.2) is 0 Å². The summed E-state index contributed by atoms with van der Waals surface area (Å²) in [6.07, 6.45) is -4.43. The number of likely N-dealkylation sites (tertiary alicyclic amines) is 1. The predicted octanol–water partition coefficient (Wildman–Crippen LogP) is 3.10. The number of ketones is 1. The summed E-state index contributed by atoms with van der Waals surface area (Å²) < 4.78 is 40.6. The lowest BCUT2D eigenvalue weighted by Gasteiger charge is -2.31. The Labute approximate surface area is 225 Å². The molecule has 2 heterocycles. The van der Waals surface area contributed by atoms with Crippen LogP contribution in [0.25, 0.3) is 11.3 Å². The Hall–Kier alpha value is -3.70. The van der Waals surface area contributed by atoms with Crippen molar-refractivity contribution in [2.24, 2.45) is 18.9 Å². The van der Waals surface area contributed by atoms with E-state index in [2.05, 4.69) is 15.7 Å². The van der Waals surface area contributed by atoms with Gasteiger partial charge in [0, 0.05) is 19.2 Å². The fraction of sp³-hybridized carbons (Fsp3) is 0.519. The Morgan fingerprint density at radius 3 is 2.15 bits per heavy atom. The highest BCUT2D eigenvalue weighted by molar-refractivity contribution is 5.99. The van der Waals surface area contributed by atoms with Crippen LogP contribution < -0.4 is 10.6 Å². The maximum absolute atomic E-state index is 13.6. The van der Waals surface area contributed by atoms with Crippen molar-refractivity contribution in [1.29, 1.82) is 0 Å². The van der Waals surface area contributed by atoms with Crippen LogP contribution in [-0.4, -0.2) is 69.0 Å². The minimum absolute atomic E-state index is 0.194. The zero-order valence-corrected chi connectivity index (χ0v) is 22.6. The SMILES string of the molecule is CC(C)[C@H](NC(=O)c1cc(-c2ccccc2)nn1C)C(=O)N1CCC[C@H]1C(=O)N[C@H](C(=O)C(F)(F)F)C(C)C. The van der Waals surface area contributed by atoms with Crippen molar-refractivity contribution in [2.75, 3.05) is 6.54 Å². The molecule has 1 aliphatic rings. The quantitative estimate of drug-likeness (QED) is 0.499. The van der Waals surface area contributed by atoms with Crippen LogP contribution >= 0.6 is 0 Å². The summed E-state index contributed by atoms with van der Waals surface area (Å²) >= 11 is 0. The molecule has 0 aliphatic carbocycles. The summed E-state index contributed by atoms with van der Waals surface area (Å²) in [4.78, 5) is 52.9. The van der Waals surface area contributed by atoms with E-state index in [4.69, 9.17) is 0 Å². The number of hydrogen-bond donors (Lipinski definition) is 2. The third kappa shape index (κ3) is 6.85. The topological polar surface area (TPSA) is 113 Å². The molecule has 1 saturated heterocycles. The molecule has 1 aromatic carbocycles. The lowest BCUT2D eigenvalue weighted by Crippen LogP contribution is -2.58. The first-order valence-electron chi connectivity index (χ1n) is 12.8. The Balaban J connectivity index is 1.76. The number of alkyl halides is 3. The molecule has 0 unspecified atom stereocenters. The van der Waals surface area contributed by atoms with Gasteiger partial charge in [-0.05, 0) is 30.7 Å². The Morgan fingerprint density at radius 2 is 1.59 bits per heavy atom. The second kappa shape index (κ2) is 12.0.